The molecule has 9 aromatic rings. The van der Waals surface area contributed by atoms with Gasteiger partial charge in [0.1, 0.15) is 0 Å². The van der Waals surface area contributed by atoms with Crippen LogP contribution in [0.1, 0.15) is 6.42 Å². The van der Waals surface area contributed by atoms with E-state index in [4.69, 9.17) is 0 Å². The number of para-hydroxylation sites is 3. The van der Waals surface area contributed by atoms with Crippen LogP contribution in [0.5, 0.6) is 0 Å². The molecule has 1 N–H and O–H groups in total. The van der Waals surface area contributed by atoms with Crippen LogP contribution in [-0.4, -0.2) is 14.5 Å². The summed E-state index contributed by atoms with van der Waals surface area (Å²) in [5, 5.41) is 14.5. The van der Waals surface area contributed by atoms with Crippen molar-refractivity contribution in [1.82, 2.24) is 9.13 Å². The fraction of sp³-hybridized carbons (Fsp3) is 0.0667. The molecule has 2 aliphatic rings. The largest absolute Gasteiger partial charge is 0.371 e. The van der Waals surface area contributed by atoms with Gasteiger partial charge in [0.15, 0.2) is 0 Å². The zero-order chi connectivity index (χ0) is 32.1. The van der Waals surface area contributed by atoms with Crippen molar-refractivity contribution in [1.29, 1.82) is 0 Å². The smallest absolute Gasteiger partial charge is 0.0836 e. The van der Waals surface area contributed by atoms with Crippen LogP contribution in [0, 0.1) is 5.92 Å². The van der Waals surface area contributed by atoms with Crippen molar-refractivity contribution in [2.75, 3.05) is 5.32 Å². The molecule has 11 rings (SSSR count). The summed E-state index contributed by atoms with van der Waals surface area (Å²) in [5.74, 6) is 0.484. The van der Waals surface area contributed by atoms with Crippen LogP contribution in [0.3, 0.4) is 0 Å². The van der Waals surface area contributed by atoms with E-state index in [1.54, 1.807) is 0 Å². The van der Waals surface area contributed by atoms with Gasteiger partial charge in [0, 0.05) is 49.1 Å². The second-order valence-electron chi connectivity index (χ2n) is 13.3. The maximum Gasteiger partial charge on any atom is 0.0836 e. The van der Waals surface area contributed by atoms with Crippen molar-refractivity contribution in [3.63, 3.8) is 0 Å². The monoisotopic (exact) mass is 645 g/mol. The van der Waals surface area contributed by atoms with Crippen molar-refractivity contribution in [3.05, 3.63) is 158 Å². The molecule has 0 spiro atoms. The van der Waals surface area contributed by atoms with E-state index in [9.17, 15) is 0 Å². The lowest BCUT2D eigenvalue weighted by Gasteiger charge is -2.20. The highest BCUT2D eigenvalue weighted by Crippen LogP contribution is 2.48. The Kier molecular flexibility index (Phi) is 5.78. The van der Waals surface area contributed by atoms with E-state index >= 15 is 0 Å². The van der Waals surface area contributed by atoms with Crippen molar-refractivity contribution in [2.45, 2.75) is 16.7 Å². The molecule has 2 atom stereocenters. The Morgan fingerprint density at radius 1 is 0.551 bits per heavy atom. The van der Waals surface area contributed by atoms with E-state index in [1.165, 1.54) is 87.1 Å². The molecule has 7 aromatic carbocycles. The van der Waals surface area contributed by atoms with Gasteiger partial charge in [-0.2, -0.15) is 0 Å². The molecule has 232 valence electrons. The number of thioether (sulfide) groups is 1. The first-order valence-electron chi connectivity index (χ1n) is 17.1. The molecule has 1 aliphatic carbocycles. The molecule has 3 heterocycles. The molecular weight excluding hydrogens is 615 g/mol. The number of allylic oxidation sites excluding steroid dienone is 3. The van der Waals surface area contributed by atoms with E-state index in [0.29, 0.717) is 11.3 Å². The third-order valence-electron chi connectivity index (χ3n) is 10.6. The van der Waals surface area contributed by atoms with Crippen LogP contribution in [0.2, 0.25) is 0 Å². The van der Waals surface area contributed by atoms with Crippen LogP contribution in [0.25, 0.3) is 76.5 Å². The van der Waals surface area contributed by atoms with Gasteiger partial charge in [-0.05, 0) is 65.0 Å². The summed E-state index contributed by atoms with van der Waals surface area (Å²) >= 11 is 1.97. The molecular formula is C45H31N3S. The number of benzene rings is 7. The van der Waals surface area contributed by atoms with Gasteiger partial charge in [0.25, 0.3) is 0 Å². The fourth-order valence-electron chi connectivity index (χ4n) is 8.45. The minimum atomic E-state index is 0.340. The predicted molar refractivity (Wildman–Crippen MR) is 210 cm³/mol. The standard InChI is InChI=1S/C45H31N3S/c1-3-11-29(12-4-1)45-46-42-40(49-45)26-21-28-19-20-30-27-32(22-23-33(30)41(28)42)48-39-18-10-8-16-35(39)37-25-24-36-34-15-7-9-17-38(34)47(43(36)44(37)48)31-13-5-2-6-14-31/h1-11,13-27,29,45-46H,12H2. The zero-order valence-electron chi connectivity index (χ0n) is 26.7. The molecule has 0 fully saturated rings. The van der Waals surface area contributed by atoms with Crippen LogP contribution in [0.15, 0.2) is 163 Å². The molecule has 0 saturated heterocycles. The topological polar surface area (TPSA) is 21.9 Å². The summed E-state index contributed by atoms with van der Waals surface area (Å²) in [7, 11) is 0. The number of nitrogens with one attached hydrogen (secondary N) is 1. The zero-order valence-corrected chi connectivity index (χ0v) is 27.5. The summed E-state index contributed by atoms with van der Waals surface area (Å²) in [6.45, 7) is 0. The van der Waals surface area contributed by atoms with Crippen LogP contribution < -0.4 is 5.32 Å². The molecule has 1 aliphatic heterocycles. The first kappa shape index (κ1) is 27.3. The summed E-state index contributed by atoms with van der Waals surface area (Å²) in [5.41, 5.74) is 8.51. The van der Waals surface area contributed by atoms with E-state index in [-0.39, 0.29) is 0 Å². The Labute approximate surface area is 287 Å². The first-order chi connectivity index (χ1) is 24.3. The lowest BCUT2D eigenvalue weighted by atomic mass is 9.98. The first-order valence-corrected chi connectivity index (χ1v) is 18.0. The molecule has 4 heteroatoms. The average Bonchev–Trinajstić information content (AvgIpc) is 3.86. The predicted octanol–water partition coefficient (Wildman–Crippen LogP) is 12.2. The van der Waals surface area contributed by atoms with Crippen molar-refractivity contribution < 1.29 is 0 Å². The summed E-state index contributed by atoms with van der Waals surface area (Å²) in [6.07, 6.45) is 10.1. The highest BCUT2D eigenvalue weighted by Gasteiger charge is 2.29. The number of anilines is 1. The lowest BCUT2D eigenvalue weighted by Crippen LogP contribution is -2.21. The van der Waals surface area contributed by atoms with Gasteiger partial charge >= 0.3 is 0 Å². The van der Waals surface area contributed by atoms with Gasteiger partial charge in [-0.3, -0.25) is 0 Å². The molecule has 3 nitrogen and oxygen atoms in total. The Morgan fingerprint density at radius 3 is 1.94 bits per heavy atom. The Morgan fingerprint density at radius 2 is 1.20 bits per heavy atom. The molecule has 0 saturated carbocycles. The summed E-state index contributed by atoms with van der Waals surface area (Å²) in [4.78, 5) is 1.34. The molecule has 0 amide bonds. The quantitative estimate of drug-likeness (QED) is 0.193. The maximum absolute atomic E-state index is 3.95. The van der Waals surface area contributed by atoms with Crippen LogP contribution in [-0.2, 0) is 0 Å². The third-order valence-corrected chi connectivity index (χ3v) is 11.9. The highest BCUT2D eigenvalue weighted by molar-refractivity contribution is 8.00. The van der Waals surface area contributed by atoms with Crippen LogP contribution in [0.4, 0.5) is 5.69 Å². The molecule has 2 unspecified atom stereocenters. The Balaban J connectivity index is 1.18. The molecule has 0 radical (unpaired) electrons. The lowest BCUT2D eigenvalue weighted by molar-refractivity contribution is 0.662. The normalized spacial score (nSPS) is 17.2. The number of hydrogen-bond donors (Lipinski definition) is 1. The molecule has 2 aromatic heterocycles. The number of nitrogens with zero attached hydrogens (tertiary/aromatic N) is 2. The average molecular weight is 646 g/mol. The molecule has 0 bridgehead atoms. The van der Waals surface area contributed by atoms with E-state index in [1.807, 2.05) is 11.8 Å². The van der Waals surface area contributed by atoms with E-state index < -0.39 is 0 Å². The van der Waals surface area contributed by atoms with Crippen molar-refractivity contribution in [2.24, 2.45) is 5.92 Å². The minimum absolute atomic E-state index is 0.340. The van der Waals surface area contributed by atoms with Gasteiger partial charge in [-0.1, -0.05) is 127 Å². The second kappa shape index (κ2) is 10.4. The Bertz CT molecular complexity index is 2870. The second-order valence-corrected chi connectivity index (χ2v) is 14.5. The van der Waals surface area contributed by atoms with Gasteiger partial charge in [0.2, 0.25) is 0 Å². The number of fused-ring (bicyclic) bond motifs is 12. The molecule has 49 heavy (non-hydrogen) atoms. The summed E-state index contributed by atoms with van der Waals surface area (Å²) in [6, 6.07) is 49.4. The van der Waals surface area contributed by atoms with Gasteiger partial charge in [-0.25, -0.2) is 0 Å². The SMILES string of the molecule is C1=CCC(C2Nc3c(ccc4ccc5cc(-n6c7ccccc7c7ccc8c9ccccc9n(-c9ccccc9)c8c76)ccc5c34)S2)C=C1. The minimum Gasteiger partial charge on any atom is -0.371 e. The van der Waals surface area contributed by atoms with Crippen molar-refractivity contribution in [3.8, 4) is 11.4 Å². The maximum atomic E-state index is 3.95. The Hall–Kier alpha value is -5.71. The fourth-order valence-corrected chi connectivity index (χ4v) is 9.70. The van der Waals surface area contributed by atoms with Crippen molar-refractivity contribution >= 4 is 82.6 Å². The number of rotatable bonds is 3. The highest BCUT2D eigenvalue weighted by atomic mass is 32.2. The van der Waals surface area contributed by atoms with E-state index in [2.05, 4.69) is 172 Å². The number of hydrogen-bond acceptors (Lipinski definition) is 2. The third kappa shape index (κ3) is 3.92. The van der Waals surface area contributed by atoms with Gasteiger partial charge in [-0.15, -0.1) is 0 Å². The van der Waals surface area contributed by atoms with E-state index in [0.717, 1.165) is 6.42 Å². The number of aromatic nitrogens is 2. The van der Waals surface area contributed by atoms with Gasteiger partial charge < -0.3 is 14.5 Å². The van der Waals surface area contributed by atoms with Crippen LogP contribution >= 0.6 is 11.8 Å². The summed E-state index contributed by atoms with van der Waals surface area (Å²) < 4.78 is 4.95. The van der Waals surface area contributed by atoms with Gasteiger partial charge in [0.05, 0.1) is 33.1 Å².